The molecule has 3 atom stereocenters. The highest BCUT2D eigenvalue weighted by molar-refractivity contribution is 5.72. The van der Waals surface area contributed by atoms with E-state index in [0.29, 0.717) is 6.42 Å². The van der Waals surface area contributed by atoms with Gasteiger partial charge in [0, 0.05) is 20.0 Å². The maximum atomic E-state index is 11.1. The van der Waals surface area contributed by atoms with Gasteiger partial charge in [-0.3, -0.25) is 0 Å². The first-order valence-corrected chi connectivity index (χ1v) is 10.9. The van der Waals surface area contributed by atoms with Gasteiger partial charge in [0.1, 0.15) is 23.7 Å². The minimum absolute atomic E-state index is 0.111. The Bertz CT molecular complexity index is 998. The molecular weight excluding hydrogens is 404 g/mol. The van der Waals surface area contributed by atoms with Crippen LogP contribution in [0.25, 0.3) is 11.1 Å². The van der Waals surface area contributed by atoms with Crippen LogP contribution in [0.1, 0.15) is 24.8 Å². The number of carboxylic acid groups (broad SMARTS) is 1. The monoisotopic (exact) mass is 432 g/mol. The van der Waals surface area contributed by atoms with E-state index in [4.69, 9.17) is 19.3 Å². The van der Waals surface area contributed by atoms with E-state index in [1.807, 2.05) is 54.6 Å². The maximum Gasteiger partial charge on any atom is 0.333 e. The lowest BCUT2D eigenvalue weighted by Crippen LogP contribution is -2.24. The van der Waals surface area contributed by atoms with Crippen molar-refractivity contribution in [3.05, 3.63) is 84.4 Å². The summed E-state index contributed by atoms with van der Waals surface area (Å²) in [5.41, 5.74) is 3.27. The van der Waals surface area contributed by atoms with Crippen molar-refractivity contribution in [2.24, 2.45) is 0 Å². The molecule has 0 radical (unpaired) electrons. The van der Waals surface area contributed by atoms with Crippen LogP contribution in [0.5, 0.6) is 11.5 Å². The number of rotatable bonds is 9. The number of carbonyl (C=O) groups is 1. The average molecular weight is 433 g/mol. The maximum absolute atomic E-state index is 11.1. The van der Waals surface area contributed by atoms with Crippen molar-refractivity contribution in [3.63, 3.8) is 0 Å². The molecule has 1 saturated carbocycles. The molecule has 0 saturated heterocycles. The second kappa shape index (κ2) is 10.3. The first-order chi connectivity index (χ1) is 15.6. The number of benzene rings is 3. The summed E-state index contributed by atoms with van der Waals surface area (Å²) in [5, 5.41) is 9.11. The van der Waals surface area contributed by atoms with Gasteiger partial charge in [-0.15, -0.1) is 0 Å². The Morgan fingerprint density at radius 3 is 1.91 bits per heavy atom. The molecule has 0 amide bonds. The molecule has 5 nitrogen and oxygen atoms in total. The van der Waals surface area contributed by atoms with E-state index in [1.165, 1.54) is 18.2 Å². The lowest BCUT2D eigenvalue weighted by atomic mass is 10.1. The second-order valence-corrected chi connectivity index (χ2v) is 8.09. The first-order valence-electron chi connectivity index (χ1n) is 10.9. The quantitative estimate of drug-likeness (QED) is 0.492. The molecule has 3 aromatic carbocycles. The molecule has 166 valence electrons. The van der Waals surface area contributed by atoms with Gasteiger partial charge in [-0.05, 0) is 53.8 Å². The summed E-state index contributed by atoms with van der Waals surface area (Å²) in [4.78, 5) is 11.1. The minimum Gasteiger partial charge on any atom is -0.490 e. The number of aliphatic carboxylic acids is 1. The van der Waals surface area contributed by atoms with Crippen LogP contribution in [-0.2, 0) is 16.0 Å². The largest absolute Gasteiger partial charge is 0.490 e. The van der Waals surface area contributed by atoms with Crippen LogP contribution in [-0.4, -0.2) is 36.5 Å². The Morgan fingerprint density at radius 2 is 1.38 bits per heavy atom. The SMILES string of the molecule is COC(Cc1ccc(OC2CCC(Oc3ccc(-c4ccccc4)cc3)C2)cc1)C(=O)O. The molecule has 0 aliphatic heterocycles. The average Bonchev–Trinajstić information content (AvgIpc) is 3.26. The molecule has 1 N–H and O–H groups in total. The topological polar surface area (TPSA) is 65.0 Å². The lowest BCUT2D eigenvalue weighted by Gasteiger charge is -2.16. The van der Waals surface area contributed by atoms with Crippen LogP contribution in [0.3, 0.4) is 0 Å². The number of hydrogen-bond donors (Lipinski definition) is 1. The van der Waals surface area contributed by atoms with Crippen LogP contribution in [0.4, 0.5) is 0 Å². The summed E-state index contributed by atoms with van der Waals surface area (Å²) in [6.07, 6.45) is 2.48. The van der Waals surface area contributed by atoms with Crippen molar-refractivity contribution in [2.45, 2.75) is 44.0 Å². The van der Waals surface area contributed by atoms with E-state index >= 15 is 0 Å². The highest BCUT2D eigenvalue weighted by Gasteiger charge is 2.27. The van der Waals surface area contributed by atoms with Crippen LogP contribution < -0.4 is 9.47 Å². The van der Waals surface area contributed by atoms with E-state index in [9.17, 15) is 4.79 Å². The van der Waals surface area contributed by atoms with Gasteiger partial charge in [0.25, 0.3) is 0 Å². The highest BCUT2D eigenvalue weighted by atomic mass is 16.5. The van der Waals surface area contributed by atoms with Crippen LogP contribution in [0.15, 0.2) is 78.9 Å². The van der Waals surface area contributed by atoms with Gasteiger partial charge < -0.3 is 19.3 Å². The Hall–Kier alpha value is -3.31. The van der Waals surface area contributed by atoms with Crippen molar-refractivity contribution in [1.29, 1.82) is 0 Å². The molecule has 3 unspecified atom stereocenters. The smallest absolute Gasteiger partial charge is 0.333 e. The fourth-order valence-electron chi connectivity index (χ4n) is 4.05. The summed E-state index contributed by atoms with van der Waals surface area (Å²) in [6.45, 7) is 0. The predicted octanol–water partition coefficient (Wildman–Crippen LogP) is 5.37. The number of carboxylic acids is 1. The van der Waals surface area contributed by atoms with Gasteiger partial charge in [0.05, 0.1) is 0 Å². The second-order valence-electron chi connectivity index (χ2n) is 8.09. The number of ether oxygens (including phenoxy) is 3. The lowest BCUT2D eigenvalue weighted by molar-refractivity contribution is -0.148. The third kappa shape index (κ3) is 5.68. The fourth-order valence-corrected chi connectivity index (χ4v) is 4.05. The van der Waals surface area contributed by atoms with E-state index in [2.05, 4.69) is 24.3 Å². The molecule has 0 bridgehead atoms. The van der Waals surface area contributed by atoms with E-state index in [1.54, 1.807) is 0 Å². The zero-order valence-corrected chi connectivity index (χ0v) is 18.1. The van der Waals surface area contributed by atoms with E-state index < -0.39 is 12.1 Å². The van der Waals surface area contributed by atoms with Gasteiger partial charge in [-0.1, -0.05) is 54.6 Å². The highest BCUT2D eigenvalue weighted by Crippen LogP contribution is 2.29. The van der Waals surface area contributed by atoms with Gasteiger partial charge in [-0.25, -0.2) is 4.79 Å². The molecular formula is C27H28O5. The summed E-state index contributed by atoms with van der Waals surface area (Å²) >= 11 is 0. The molecule has 32 heavy (non-hydrogen) atoms. The third-order valence-electron chi connectivity index (χ3n) is 5.81. The Balaban J connectivity index is 1.27. The van der Waals surface area contributed by atoms with Gasteiger partial charge >= 0.3 is 5.97 Å². The Morgan fingerprint density at radius 1 is 0.844 bits per heavy atom. The van der Waals surface area contributed by atoms with Crippen molar-refractivity contribution in [2.75, 3.05) is 7.11 Å². The standard InChI is InChI=1S/C27H28O5/c1-30-26(27(28)29)17-19-7-11-22(12-8-19)31-24-15-16-25(18-24)32-23-13-9-21(10-14-23)20-5-3-2-4-6-20/h2-14,24-26H,15-18H2,1H3,(H,28,29). The first kappa shape index (κ1) is 21.9. The van der Waals surface area contributed by atoms with Crippen molar-refractivity contribution in [1.82, 2.24) is 0 Å². The normalized spacial score (nSPS) is 18.8. The molecule has 4 rings (SSSR count). The zero-order valence-electron chi connectivity index (χ0n) is 18.1. The molecule has 1 aliphatic rings. The number of methoxy groups -OCH3 is 1. The number of hydrogen-bond acceptors (Lipinski definition) is 4. The van der Waals surface area contributed by atoms with Crippen molar-refractivity contribution < 1.29 is 24.1 Å². The Kier molecular flexibility index (Phi) is 7.07. The molecule has 3 aromatic rings. The zero-order chi connectivity index (χ0) is 22.3. The van der Waals surface area contributed by atoms with E-state index in [-0.39, 0.29) is 12.2 Å². The summed E-state index contributed by atoms with van der Waals surface area (Å²) in [7, 11) is 1.41. The molecule has 0 heterocycles. The van der Waals surface area contributed by atoms with Crippen molar-refractivity contribution in [3.8, 4) is 22.6 Å². The molecule has 1 fully saturated rings. The summed E-state index contributed by atoms with van der Waals surface area (Å²) in [5.74, 6) is 0.709. The van der Waals surface area contributed by atoms with Crippen LogP contribution in [0.2, 0.25) is 0 Å². The summed E-state index contributed by atoms with van der Waals surface area (Å²) in [6, 6.07) is 26.1. The van der Waals surface area contributed by atoms with Crippen molar-refractivity contribution >= 4 is 5.97 Å². The van der Waals surface area contributed by atoms with Crippen LogP contribution >= 0.6 is 0 Å². The van der Waals surface area contributed by atoms with E-state index in [0.717, 1.165) is 36.3 Å². The fraction of sp³-hybridized carbons (Fsp3) is 0.296. The molecule has 5 heteroatoms. The third-order valence-corrected chi connectivity index (χ3v) is 5.81. The van der Waals surface area contributed by atoms with Gasteiger partial charge in [-0.2, -0.15) is 0 Å². The predicted molar refractivity (Wildman–Crippen MR) is 123 cm³/mol. The van der Waals surface area contributed by atoms with Gasteiger partial charge in [0.2, 0.25) is 0 Å². The summed E-state index contributed by atoms with van der Waals surface area (Å²) < 4.78 is 17.3. The molecule has 1 aliphatic carbocycles. The van der Waals surface area contributed by atoms with Gasteiger partial charge in [0.15, 0.2) is 6.10 Å². The minimum atomic E-state index is -0.959. The molecule has 0 spiro atoms. The van der Waals surface area contributed by atoms with Crippen LogP contribution in [0, 0.1) is 0 Å². The Labute approximate surface area is 188 Å². The molecule has 0 aromatic heterocycles.